The van der Waals surface area contributed by atoms with E-state index >= 15 is 0 Å². The van der Waals surface area contributed by atoms with E-state index in [9.17, 15) is 45.1 Å². The largest absolute Gasteiger partial charge is 0.490 e. The first-order valence-electron chi connectivity index (χ1n) is 19.3. The molecule has 0 saturated heterocycles. The number of carbonyl (C=O) groups excluding carboxylic acids is 1. The van der Waals surface area contributed by atoms with E-state index in [0.29, 0.717) is 79.9 Å². The SMILES string of the molecule is CS(=O)(=O)C1CCC(Oc2ccc3c(-c4ncc(C(=O)NC5(C(=O)O)C6CCC7CC(C6)CC5C7)c(C(F)(F)F)n4)cn(C4CCC(F)(F)CC4)c3c2)CC1. The zero-order chi connectivity index (χ0) is 39.1. The van der Waals surface area contributed by atoms with Crippen molar-refractivity contribution in [1.82, 2.24) is 19.9 Å². The van der Waals surface area contributed by atoms with Crippen LogP contribution in [0.15, 0.2) is 30.6 Å². The van der Waals surface area contributed by atoms with Crippen molar-refractivity contribution in [2.45, 2.75) is 125 Å². The Morgan fingerprint density at radius 3 is 2.31 bits per heavy atom. The van der Waals surface area contributed by atoms with Gasteiger partial charge < -0.3 is 19.7 Å². The van der Waals surface area contributed by atoms with Crippen LogP contribution < -0.4 is 10.1 Å². The van der Waals surface area contributed by atoms with Crippen LogP contribution in [0.1, 0.15) is 112 Å². The van der Waals surface area contributed by atoms with Crippen LogP contribution in [0.4, 0.5) is 22.0 Å². The van der Waals surface area contributed by atoms with Crippen LogP contribution in [-0.2, 0) is 20.8 Å². The van der Waals surface area contributed by atoms with Crippen molar-refractivity contribution in [2.24, 2.45) is 23.7 Å². The smallest absolute Gasteiger partial charge is 0.434 e. The lowest BCUT2D eigenvalue weighted by Gasteiger charge is -2.50. The second-order valence-corrected chi connectivity index (χ2v) is 19.1. The van der Waals surface area contributed by atoms with Crippen molar-refractivity contribution in [3.63, 3.8) is 0 Å². The Hall–Kier alpha value is -3.82. The molecule has 55 heavy (non-hydrogen) atoms. The minimum absolute atomic E-state index is 0.124. The minimum atomic E-state index is -5.11. The van der Waals surface area contributed by atoms with Gasteiger partial charge >= 0.3 is 12.1 Å². The molecule has 6 aliphatic carbocycles. The van der Waals surface area contributed by atoms with Gasteiger partial charge in [0, 0.05) is 54.5 Å². The maximum atomic E-state index is 14.8. The Balaban J connectivity index is 1.14. The molecule has 1 aromatic carbocycles. The Morgan fingerprint density at radius 2 is 1.64 bits per heavy atom. The first kappa shape index (κ1) is 38.1. The Bertz CT molecular complexity index is 2100. The monoisotopic (exact) mass is 792 g/mol. The summed E-state index contributed by atoms with van der Waals surface area (Å²) in [6.45, 7) is 0. The van der Waals surface area contributed by atoms with Crippen molar-refractivity contribution in [2.75, 3.05) is 6.26 Å². The number of carbonyl (C=O) groups is 2. The summed E-state index contributed by atoms with van der Waals surface area (Å²) in [5.74, 6) is -5.26. The molecule has 9 rings (SSSR count). The Morgan fingerprint density at radius 1 is 0.945 bits per heavy atom. The van der Waals surface area contributed by atoms with E-state index in [1.807, 2.05) is 0 Å². The lowest BCUT2D eigenvalue weighted by atomic mass is 9.58. The summed E-state index contributed by atoms with van der Waals surface area (Å²) in [6, 6.07) is 4.61. The van der Waals surface area contributed by atoms with Gasteiger partial charge in [0.2, 0.25) is 5.92 Å². The summed E-state index contributed by atoms with van der Waals surface area (Å²) in [5, 5.41) is 13.2. The molecule has 3 aromatic rings. The zero-order valence-corrected chi connectivity index (χ0v) is 31.3. The predicted octanol–water partition coefficient (Wildman–Crippen LogP) is 8.00. The van der Waals surface area contributed by atoms with E-state index in [2.05, 4.69) is 15.3 Å². The molecule has 0 aliphatic heterocycles. The zero-order valence-electron chi connectivity index (χ0n) is 30.5. The van der Waals surface area contributed by atoms with Gasteiger partial charge in [0.1, 0.15) is 21.1 Å². The molecule has 6 saturated carbocycles. The topological polar surface area (TPSA) is 140 Å². The highest BCUT2D eigenvalue weighted by Gasteiger charge is 2.60. The molecule has 2 N–H and O–H groups in total. The van der Waals surface area contributed by atoms with Crippen LogP contribution in [0.5, 0.6) is 5.75 Å². The van der Waals surface area contributed by atoms with E-state index in [0.717, 1.165) is 19.0 Å². The number of hydrogen-bond acceptors (Lipinski definition) is 7. The number of rotatable bonds is 8. The molecule has 2 aromatic heterocycles. The maximum absolute atomic E-state index is 14.8. The minimum Gasteiger partial charge on any atom is -0.490 e. The summed E-state index contributed by atoms with van der Waals surface area (Å²) < 4.78 is 105. The van der Waals surface area contributed by atoms with Gasteiger partial charge in [-0.1, -0.05) is 6.42 Å². The Kier molecular flexibility index (Phi) is 9.47. The van der Waals surface area contributed by atoms with E-state index in [-0.39, 0.29) is 43.2 Å². The third-order valence-corrected chi connectivity index (χ3v) is 15.0. The molecule has 2 heterocycles. The van der Waals surface area contributed by atoms with Crippen LogP contribution in [0.2, 0.25) is 0 Å². The van der Waals surface area contributed by atoms with Crippen LogP contribution in [0.3, 0.4) is 0 Å². The number of halogens is 5. The van der Waals surface area contributed by atoms with Crippen molar-refractivity contribution < 1.29 is 49.8 Å². The first-order chi connectivity index (χ1) is 25.9. The number of aromatic nitrogens is 3. The summed E-state index contributed by atoms with van der Waals surface area (Å²) in [7, 11) is -3.18. The number of sulfone groups is 1. The van der Waals surface area contributed by atoms with E-state index < -0.39 is 73.7 Å². The van der Waals surface area contributed by atoms with E-state index in [4.69, 9.17) is 4.74 Å². The van der Waals surface area contributed by atoms with Gasteiger partial charge in [-0.25, -0.2) is 32.0 Å². The van der Waals surface area contributed by atoms with Gasteiger partial charge in [0.05, 0.1) is 22.4 Å². The summed E-state index contributed by atoms with van der Waals surface area (Å²) in [5.41, 5.74) is -3.34. The molecule has 6 aliphatic rings. The average Bonchev–Trinajstić information content (AvgIpc) is 3.37. The van der Waals surface area contributed by atoms with Crippen molar-refractivity contribution in [3.8, 4) is 17.1 Å². The highest BCUT2D eigenvalue weighted by atomic mass is 32.2. The third kappa shape index (κ3) is 7.09. The molecule has 298 valence electrons. The fraction of sp³-hybridized carbons (Fsp3) is 0.641. The van der Waals surface area contributed by atoms with Gasteiger partial charge in [-0.05, 0) is 106 Å². The Labute approximate surface area is 315 Å². The van der Waals surface area contributed by atoms with E-state index in [1.165, 1.54) is 6.26 Å². The molecule has 5 unspecified atom stereocenters. The van der Waals surface area contributed by atoms with Crippen molar-refractivity contribution >= 4 is 32.6 Å². The molecule has 0 spiro atoms. The molecule has 6 fully saturated rings. The van der Waals surface area contributed by atoms with Crippen LogP contribution >= 0.6 is 0 Å². The van der Waals surface area contributed by atoms with Crippen molar-refractivity contribution in [3.05, 3.63) is 41.9 Å². The number of hydrogen-bond donors (Lipinski definition) is 2. The summed E-state index contributed by atoms with van der Waals surface area (Å²) >= 11 is 0. The van der Waals surface area contributed by atoms with Gasteiger partial charge in [-0.15, -0.1) is 0 Å². The highest BCUT2D eigenvalue weighted by molar-refractivity contribution is 7.91. The normalized spacial score (nSPS) is 30.9. The van der Waals surface area contributed by atoms with E-state index in [1.54, 1.807) is 29.0 Å². The fourth-order valence-corrected chi connectivity index (χ4v) is 11.8. The molecular formula is C39H45F5N4O6S. The standard InChI is InChI=1S/C39H45F5N4O6S/c1-55(52,53)28-7-4-26(5-8-28)54-27-6-9-29-31(20-48(32(29)18-27)25-10-12-37(40,41)13-11-25)34-45-19-30(33(46-34)39(42,43)44)35(49)47-38(36(50)51)23-3-2-21-14-22(16-23)17-24(38)15-21/h6,9,18-26,28H,2-5,7-8,10-17H2,1H3,(H,47,49)(H,50,51). The van der Waals surface area contributed by atoms with Crippen LogP contribution in [-0.4, -0.2) is 69.0 Å². The number of fused-ring (bicyclic) bond motifs is 2. The van der Waals surface area contributed by atoms with Crippen LogP contribution in [0.25, 0.3) is 22.3 Å². The number of ether oxygens (including phenoxy) is 1. The number of aliphatic carboxylic acids is 1. The molecule has 0 radical (unpaired) electrons. The number of nitrogens with zero attached hydrogens (tertiary/aromatic N) is 3. The number of amides is 1. The number of nitrogens with one attached hydrogen (secondary N) is 1. The number of carboxylic acid groups (broad SMARTS) is 1. The quantitative estimate of drug-likeness (QED) is 0.219. The molecular weight excluding hydrogens is 748 g/mol. The van der Waals surface area contributed by atoms with Gasteiger partial charge in [-0.3, -0.25) is 4.79 Å². The lowest BCUT2D eigenvalue weighted by molar-refractivity contribution is -0.154. The summed E-state index contributed by atoms with van der Waals surface area (Å²) in [4.78, 5) is 35.0. The molecule has 16 heteroatoms. The molecule has 5 atom stereocenters. The van der Waals surface area contributed by atoms with Crippen molar-refractivity contribution in [1.29, 1.82) is 0 Å². The van der Waals surface area contributed by atoms with Crippen LogP contribution in [0, 0.1) is 23.7 Å². The number of alkyl halides is 5. The second kappa shape index (κ2) is 13.7. The number of benzene rings is 1. The van der Waals surface area contributed by atoms with Gasteiger partial charge in [0.25, 0.3) is 5.91 Å². The maximum Gasteiger partial charge on any atom is 0.434 e. The number of carboxylic acids is 1. The van der Waals surface area contributed by atoms with Gasteiger partial charge in [0.15, 0.2) is 11.5 Å². The summed E-state index contributed by atoms with van der Waals surface area (Å²) in [6.07, 6.45) is 3.91. The molecule has 10 nitrogen and oxygen atoms in total. The predicted molar refractivity (Wildman–Crippen MR) is 191 cm³/mol. The second-order valence-electron chi connectivity index (χ2n) is 16.8. The molecule has 1 amide bonds. The highest BCUT2D eigenvalue weighted by Crippen LogP contribution is 2.56. The molecule has 4 bridgehead atoms. The first-order valence-corrected chi connectivity index (χ1v) is 21.2. The van der Waals surface area contributed by atoms with Gasteiger partial charge in [-0.2, -0.15) is 13.2 Å². The third-order valence-electron chi connectivity index (χ3n) is 13.4. The lowest BCUT2D eigenvalue weighted by Crippen LogP contribution is -2.66. The average molecular weight is 793 g/mol. The fourth-order valence-electron chi connectivity index (χ4n) is 10.7.